The number of nitrogens with zero attached hydrogens (tertiary/aromatic N) is 2. The molecule has 0 unspecified atom stereocenters. The summed E-state index contributed by atoms with van der Waals surface area (Å²) < 4.78 is 0. The molecule has 1 aliphatic rings. The molecule has 2 aromatic heterocycles. The lowest BCUT2D eigenvalue weighted by molar-refractivity contribution is 0.0956. The second-order valence-corrected chi connectivity index (χ2v) is 7.65. The molecule has 0 radical (unpaired) electrons. The Morgan fingerprint density at radius 1 is 1.00 bits per heavy atom. The van der Waals surface area contributed by atoms with Gasteiger partial charge in [-0.3, -0.25) is 4.79 Å². The van der Waals surface area contributed by atoms with E-state index in [9.17, 15) is 4.79 Å². The van der Waals surface area contributed by atoms with E-state index in [4.69, 9.17) is 4.98 Å². The lowest BCUT2D eigenvalue weighted by Gasteiger charge is -2.08. The van der Waals surface area contributed by atoms with Crippen LogP contribution in [0.1, 0.15) is 27.9 Å². The number of nitrogens with one attached hydrogen (secondary N) is 1. The molecule has 4 nitrogen and oxygen atoms in total. The van der Waals surface area contributed by atoms with E-state index >= 15 is 0 Å². The van der Waals surface area contributed by atoms with Gasteiger partial charge < -0.3 is 0 Å². The van der Waals surface area contributed by atoms with Crippen LogP contribution in [0.5, 0.6) is 0 Å². The number of hydrogen-bond acceptors (Lipinski definition) is 4. The predicted octanol–water partition coefficient (Wildman–Crippen LogP) is 5.04. The number of carbonyl (C=O) groups is 1. The summed E-state index contributed by atoms with van der Waals surface area (Å²) in [4.78, 5) is 18.8. The third-order valence-corrected chi connectivity index (χ3v) is 5.88. The molecule has 2 aromatic carbocycles. The molecule has 1 amide bonds. The zero-order chi connectivity index (χ0) is 18.9. The van der Waals surface area contributed by atoms with Crippen molar-refractivity contribution in [3.63, 3.8) is 0 Å². The SMILES string of the molecule is O=C(N/N=C1/CCc2ccccc21)c1cc(-c2cccs2)nc2ccccc12. The molecule has 4 aromatic rings. The van der Waals surface area contributed by atoms with Crippen LogP contribution in [0.3, 0.4) is 0 Å². The minimum absolute atomic E-state index is 0.215. The number of hydrazone groups is 1. The van der Waals surface area contributed by atoms with Crippen LogP contribution >= 0.6 is 11.3 Å². The van der Waals surface area contributed by atoms with Crippen molar-refractivity contribution in [2.45, 2.75) is 12.8 Å². The number of para-hydroxylation sites is 1. The minimum Gasteiger partial charge on any atom is -0.267 e. The first-order valence-electron chi connectivity index (χ1n) is 9.18. The molecule has 0 aliphatic heterocycles. The molecule has 1 N–H and O–H groups in total. The molecule has 0 fully saturated rings. The zero-order valence-electron chi connectivity index (χ0n) is 15.1. The summed E-state index contributed by atoms with van der Waals surface area (Å²) in [6.07, 6.45) is 1.81. The molecule has 0 spiro atoms. The Balaban J connectivity index is 1.52. The van der Waals surface area contributed by atoms with Crippen LogP contribution in [0.4, 0.5) is 0 Å². The Hall–Kier alpha value is -3.31. The van der Waals surface area contributed by atoms with E-state index in [-0.39, 0.29) is 5.91 Å². The second-order valence-electron chi connectivity index (χ2n) is 6.71. The molecule has 28 heavy (non-hydrogen) atoms. The van der Waals surface area contributed by atoms with Gasteiger partial charge in [0.1, 0.15) is 0 Å². The van der Waals surface area contributed by atoms with Gasteiger partial charge >= 0.3 is 0 Å². The Morgan fingerprint density at radius 3 is 2.75 bits per heavy atom. The summed E-state index contributed by atoms with van der Waals surface area (Å²) in [7, 11) is 0. The monoisotopic (exact) mass is 383 g/mol. The molecular formula is C23H17N3OS. The van der Waals surface area contributed by atoms with Gasteiger partial charge in [0.05, 0.1) is 27.4 Å². The van der Waals surface area contributed by atoms with Crippen molar-refractivity contribution >= 4 is 33.9 Å². The van der Waals surface area contributed by atoms with Gasteiger partial charge in [0, 0.05) is 10.9 Å². The Labute approximate surface area is 166 Å². The standard InChI is InChI=1S/C23H17N3OS/c27-23(26-25-20-12-11-15-6-1-2-7-16(15)20)18-14-21(22-10-5-13-28-22)24-19-9-4-3-8-17(18)19/h1-10,13-14H,11-12H2,(H,26,27)/b25-20-. The van der Waals surface area contributed by atoms with Gasteiger partial charge in [0.25, 0.3) is 5.91 Å². The highest BCUT2D eigenvalue weighted by atomic mass is 32.1. The molecule has 136 valence electrons. The average molecular weight is 383 g/mol. The van der Waals surface area contributed by atoms with Crippen LogP contribution in [0.2, 0.25) is 0 Å². The van der Waals surface area contributed by atoms with Crippen molar-refractivity contribution in [3.8, 4) is 10.6 Å². The highest BCUT2D eigenvalue weighted by Crippen LogP contribution is 2.28. The van der Waals surface area contributed by atoms with Gasteiger partial charge in [-0.2, -0.15) is 5.10 Å². The molecule has 5 rings (SSSR count). The molecule has 0 saturated carbocycles. The lowest BCUT2D eigenvalue weighted by atomic mass is 10.1. The van der Waals surface area contributed by atoms with E-state index in [1.807, 2.05) is 60.0 Å². The fourth-order valence-electron chi connectivity index (χ4n) is 3.62. The molecule has 1 aliphatic carbocycles. The van der Waals surface area contributed by atoms with E-state index in [0.717, 1.165) is 45.6 Å². The Bertz CT molecular complexity index is 1210. The first-order chi connectivity index (χ1) is 13.8. The van der Waals surface area contributed by atoms with Gasteiger partial charge in [0.2, 0.25) is 0 Å². The quantitative estimate of drug-likeness (QED) is 0.504. The normalized spacial score (nSPS) is 14.4. The van der Waals surface area contributed by atoms with Crippen LogP contribution in [0.25, 0.3) is 21.5 Å². The van der Waals surface area contributed by atoms with Crippen molar-refractivity contribution in [1.29, 1.82) is 0 Å². The van der Waals surface area contributed by atoms with Crippen molar-refractivity contribution in [1.82, 2.24) is 10.4 Å². The predicted molar refractivity (Wildman–Crippen MR) is 114 cm³/mol. The number of amides is 1. The van der Waals surface area contributed by atoms with E-state index in [1.165, 1.54) is 5.56 Å². The number of rotatable bonds is 3. The van der Waals surface area contributed by atoms with E-state index < -0.39 is 0 Å². The van der Waals surface area contributed by atoms with Crippen molar-refractivity contribution in [2.24, 2.45) is 5.10 Å². The number of thiophene rings is 1. The van der Waals surface area contributed by atoms with Crippen LogP contribution in [0, 0.1) is 0 Å². The minimum atomic E-state index is -0.215. The maximum atomic E-state index is 13.0. The molecule has 0 bridgehead atoms. The Morgan fingerprint density at radius 2 is 1.86 bits per heavy atom. The van der Waals surface area contributed by atoms with Crippen molar-refractivity contribution in [3.05, 3.63) is 88.8 Å². The highest BCUT2D eigenvalue weighted by Gasteiger charge is 2.18. The summed E-state index contributed by atoms with van der Waals surface area (Å²) in [5.41, 5.74) is 8.31. The maximum Gasteiger partial charge on any atom is 0.272 e. The Kier molecular flexibility index (Phi) is 4.22. The smallest absolute Gasteiger partial charge is 0.267 e. The lowest BCUT2D eigenvalue weighted by Crippen LogP contribution is -2.20. The van der Waals surface area contributed by atoms with E-state index in [0.29, 0.717) is 5.56 Å². The second kappa shape index (κ2) is 7.02. The first-order valence-corrected chi connectivity index (χ1v) is 10.1. The largest absolute Gasteiger partial charge is 0.272 e. The number of benzene rings is 2. The molecule has 5 heteroatoms. The molecule has 0 atom stereocenters. The van der Waals surface area contributed by atoms with Crippen LogP contribution < -0.4 is 5.43 Å². The van der Waals surface area contributed by atoms with Crippen molar-refractivity contribution < 1.29 is 4.79 Å². The maximum absolute atomic E-state index is 13.0. The average Bonchev–Trinajstić information content (AvgIpc) is 3.41. The third-order valence-electron chi connectivity index (χ3n) is 4.99. The van der Waals surface area contributed by atoms with Crippen LogP contribution in [0.15, 0.2) is 77.2 Å². The number of fused-ring (bicyclic) bond motifs is 2. The molecule has 2 heterocycles. The van der Waals surface area contributed by atoms with Gasteiger partial charge in [0.15, 0.2) is 0 Å². The summed E-state index contributed by atoms with van der Waals surface area (Å²) in [6, 6.07) is 21.8. The highest BCUT2D eigenvalue weighted by molar-refractivity contribution is 7.13. The molecule has 0 saturated heterocycles. The summed E-state index contributed by atoms with van der Waals surface area (Å²) in [5, 5.41) is 7.27. The van der Waals surface area contributed by atoms with E-state index in [1.54, 1.807) is 11.3 Å². The van der Waals surface area contributed by atoms with Gasteiger partial charge in [-0.15, -0.1) is 11.3 Å². The number of pyridine rings is 1. The van der Waals surface area contributed by atoms with Gasteiger partial charge in [-0.25, -0.2) is 10.4 Å². The van der Waals surface area contributed by atoms with Gasteiger partial charge in [-0.1, -0.05) is 48.5 Å². The number of hydrogen-bond donors (Lipinski definition) is 1. The first kappa shape index (κ1) is 16.8. The van der Waals surface area contributed by atoms with E-state index in [2.05, 4.69) is 22.7 Å². The fraction of sp³-hybridized carbons (Fsp3) is 0.0870. The van der Waals surface area contributed by atoms with Crippen LogP contribution in [-0.2, 0) is 6.42 Å². The molecular weight excluding hydrogens is 366 g/mol. The summed E-state index contributed by atoms with van der Waals surface area (Å²) >= 11 is 1.61. The van der Waals surface area contributed by atoms with Crippen molar-refractivity contribution in [2.75, 3.05) is 0 Å². The summed E-state index contributed by atoms with van der Waals surface area (Å²) in [5.74, 6) is -0.215. The summed E-state index contributed by atoms with van der Waals surface area (Å²) in [6.45, 7) is 0. The number of carbonyl (C=O) groups excluding carboxylic acids is 1. The number of aromatic nitrogens is 1. The van der Waals surface area contributed by atoms with Gasteiger partial charge in [-0.05, 0) is 42.0 Å². The van der Waals surface area contributed by atoms with Crippen LogP contribution in [-0.4, -0.2) is 16.6 Å². The number of aryl methyl sites for hydroxylation is 1. The zero-order valence-corrected chi connectivity index (χ0v) is 15.9. The fourth-order valence-corrected chi connectivity index (χ4v) is 4.30. The topological polar surface area (TPSA) is 54.4 Å². The third kappa shape index (κ3) is 3.00.